The van der Waals surface area contributed by atoms with Crippen LogP contribution in [0.25, 0.3) is 0 Å². The molecule has 0 atom stereocenters. The first-order chi connectivity index (χ1) is 13.4. The molecule has 3 rings (SSSR count). The summed E-state index contributed by atoms with van der Waals surface area (Å²) in [5.41, 5.74) is 2.80. The van der Waals surface area contributed by atoms with E-state index < -0.39 is 0 Å². The smallest absolute Gasteiger partial charge is 0.263 e. The highest BCUT2D eigenvalue weighted by Gasteiger charge is 2.17. The number of aromatic nitrogens is 1. The van der Waals surface area contributed by atoms with Crippen LogP contribution in [-0.2, 0) is 17.8 Å². The third-order valence-electron chi connectivity index (χ3n) is 4.12. The SMILES string of the molecule is Cc1cc(F)ccc1NC(=O)Cc1nc(C)c(C(=O)NCc2ccccc2)s1. The lowest BCUT2D eigenvalue weighted by atomic mass is 10.2. The quantitative estimate of drug-likeness (QED) is 0.660. The molecule has 28 heavy (non-hydrogen) atoms. The Morgan fingerprint density at radius 1 is 1.11 bits per heavy atom. The number of rotatable bonds is 6. The molecule has 0 radical (unpaired) electrons. The lowest BCUT2D eigenvalue weighted by Gasteiger charge is -2.07. The van der Waals surface area contributed by atoms with Gasteiger partial charge in [0, 0.05) is 12.2 Å². The summed E-state index contributed by atoms with van der Waals surface area (Å²) < 4.78 is 13.2. The molecule has 0 aliphatic rings. The standard InChI is InChI=1S/C21H20FN3O2S/c1-13-10-16(22)8-9-17(13)25-18(26)11-19-24-14(2)20(28-19)21(27)23-12-15-6-4-3-5-7-15/h3-10H,11-12H2,1-2H3,(H,23,27)(H,25,26). The van der Waals surface area contributed by atoms with Gasteiger partial charge in [0.1, 0.15) is 15.7 Å². The zero-order valence-corrected chi connectivity index (χ0v) is 16.4. The fraction of sp³-hybridized carbons (Fsp3) is 0.190. The maximum absolute atomic E-state index is 13.2. The van der Waals surface area contributed by atoms with E-state index in [0.29, 0.717) is 33.4 Å². The van der Waals surface area contributed by atoms with Gasteiger partial charge in [0.15, 0.2) is 0 Å². The van der Waals surface area contributed by atoms with Gasteiger partial charge in [0.05, 0.1) is 12.1 Å². The Labute approximate surface area is 166 Å². The largest absolute Gasteiger partial charge is 0.347 e. The molecule has 0 saturated heterocycles. The van der Waals surface area contributed by atoms with Crippen LogP contribution in [0.3, 0.4) is 0 Å². The first-order valence-electron chi connectivity index (χ1n) is 8.77. The number of nitrogens with zero attached hydrogens (tertiary/aromatic N) is 1. The summed E-state index contributed by atoms with van der Waals surface area (Å²) in [4.78, 5) is 29.5. The molecular formula is C21H20FN3O2S. The zero-order chi connectivity index (χ0) is 20.1. The molecule has 2 amide bonds. The fourth-order valence-corrected chi connectivity index (χ4v) is 3.68. The number of nitrogens with one attached hydrogen (secondary N) is 2. The van der Waals surface area contributed by atoms with Gasteiger partial charge in [0.25, 0.3) is 5.91 Å². The topological polar surface area (TPSA) is 71.1 Å². The lowest BCUT2D eigenvalue weighted by molar-refractivity contribution is -0.115. The van der Waals surface area contributed by atoms with Crippen LogP contribution < -0.4 is 10.6 Å². The number of carbonyl (C=O) groups is 2. The molecule has 0 aliphatic heterocycles. The van der Waals surface area contributed by atoms with Crippen LogP contribution in [0.2, 0.25) is 0 Å². The van der Waals surface area contributed by atoms with Crippen molar-refractivity contribution >= 4 is 28.8 Å². The van der Waals surface area contributed by atoms with Crippen molar-refractivity contribution in [1.82, 2.24) is 10.3 Å². The molecule has 144 valence electrons. The van der Waals surface area contributed by atoms with Gasteiger partial charge in [-0.2, -0.15) is 0 Å². The molecule has 1 heterocycles. The fourth-order valence-electron chi connectivity index (χ4n) is 2.70. The Morgan fingerprint density at radius 2 is 1.86 bits per heavy atom. The molecule has 5 nitrogen and oxygen atoms in total. The number of hydrogen-bond donors (Lipinski definition) is 2. The molecule has 1 aromatic heterocycles. The van der Waals surface area contributed by atoms with Crippen LogP contribution in [-0.4, -0.2) is 16.8 Å². The lowest BCUT2D eigenvalue weighted by Crippen LogP contribution is -2.22. The highest BCUT2D eigenvalue weighted by molar-refractivity contribution is 7.13. The monoisotopic (exact) mass is 397 g/mol. The van der Waals surface area contributed by atoms with Gasteiger partial charge in [-0.15, -0.1) is 11.3 Å². The van der Waals surface area contributed by atoms with Crippen LogP contribution in [0.5, 0.6) is 0 Å². The van der Waals surface area contributed by atoms with Crippen molar-refractivity contribution in [2.75, 3.05) is 5.32 Å². The molecule has 0 unspecified atom stereocenters. The predicted octanol–water partition coefficient (Wildman–Crippen LogP) is 4.01. The summed E-state index contributed by atoms with van der Waals surface area (Å²) in [6.45, 7) is 3.90. The molecule has 3 aromatic rings. The first kappa shape index (κ1) is 19.7. The summed E-state index contributed by atoms with van der Waals surface area (Å²) in [6, 6.07) is 13.8. The van der Waals surface area contributed by atoms with E-state index in [-0.39, 0.29) is 24.1 Å². The number of hydrogen-bond acceptors (Lipinski definition) is 4. The maximum Gasteiger partial charge on any atom is 0.263 e. The van der Waals surface area contributed by atoms with Crippen molar-refractivity contribution in [3.05, 3.63) is 81.1 Å². The third kappa shape index (κ3) is 5.01. The molecule has 0 aliphatic carbocycles. The summed E-state index contributed by atoms with van der Waals surface area (Å²) in [6.07, 6.45) is 0.0499. The number of carbonyl (C=O) groups excluding carboxylic acids is 2. The van der Waals surface area contributed by atoms with Gasteiger partial charge < -0.3 is 10.6 Å². The van der Waals surface area contributed by atoms with E-state index >= 15 is 0 Å². The van der Waals surface area contributed by atoms with Crippen molar-refractivity contribution in [1.29, 1.82) is 0 Å². The predicted molar refractivity (Wildman–Crippen MR) is 108 cm³/mol. The van der Waals surface area contributed by atoms with Gasteiger partial charge >= 0.3 is 0 Å². The minimum absolute atomic E-state index is 0.0499. The normalized spacial score (nSPS) is 10.5. The maximum atomic E-state index is 13.2. The highest BCUT2D eigenvalue weighted by Crippen LogP contribution is 2.20. The van der Waals surface area contributed by atoms with Crippen LogP contribution in [0, 0.1) is 19.7 Å². The summed E-state index contributed by atoms with van der Waals surface area (Å²) in [7, 11) is 0. The molecule has 0 saturated carbocycles. The summed E-state index contributed by atoms with van der Waals surface area (Å²) in [5.74, 6) is -0.822. The Balaban J connectivity index is 1.61. The van der Waals surface area contributed by atoms with E-state index in [2.05, 4.69) is 15.6 Å². The van der Waals surface area contributed by atoms with Gasteiger partial charge in [-0.1, -0.05) is 30.3 Å². The van der Waals surface area contributed by atoms with Crippen molar-refractivity contribution in [2.24, 2.45) is 0 Å². The van der Waals surface area contributed by atoms with Gasteiger partial charge in [-0.3, -0.25) is 9.59 Å². The molecule has 0 spiro atoms. The highest BCUT2D eigenvalue weighted by atomic mass is 32.1. The minimum Gasteiger partial charge on any atom is -0.347 e. The molecule has 0 fully saturated rings. The molecular weight excluding hydrogens is 377 g/mol. The number of halogens is 1. The Morgan fingerprint density at radius 3 is 2.57 bits per heavy atom. The number of thiazole rings is 1. The molecule has 2 aromatic carbocycles. The third-order valence-corrected chi connectivity index (χ3v) is 5.27. The minimum atomic E-state index is -0.350. The van der Waals surface area contributed by atoms with Crippen LogP contribution in [0.4, 0.5) is 10.1 Å². The van der Waals surface area contributed by atoms with Crippen molar-refractivity contribution in [3.8, 4) is 0 Å². The first-order valence-corrected chi connectivity index (χ1v) is 9.58. The average molecular weight is 397 g/mol. The van der Waals surface area contributed by atoms with E-state index in [0.717, 1.165) is 5.56 Å². The van der Waals surface area contributed by atoms with Gasteiger partial charge in [0.2, 0.25) is 5.91 Å². The van der Waals surface area contributed by atoms with Crippen molar-refractivity contribution < 1.29 is 14.0 Å². The van der Waals surface area contributed by atoms with Gasteiger partial charge in [-0.05, 0) is 43.2 Å². The van der Waals surface area contributed by atoms with E-state index in [1.807, 2.05) is 30.3 Å². The van der Waals surface area contributed by atoms with E-state index in [1.54, 1.807) is 13.8 Å². The second-order valence-corrected chi connectivity index (χ2v) is 7.46. The molecule has 2 N–H and O–H groups in total. The van der Waals surface area contributed by atoms with E-state index in [9.17, 15) is 14.0 Å². The van der Waals surface area contributed by atoms with Crippen molar-refractivity contribution in [2.45, 2.75) is 26.8 Å². The average Bonchev–Trinajstić information content (AvgIpc) is 3.03. The van der Waals surface area contributed by atoms with Crippen LogP contribution >= 0.6 is 11.3 Å². The number of benzene rings is 2. The summed E-state index contributed by atoms with van der Waals surface area (Å²) >= 11 is 1.20. The van der Waals surface area contributed by atoms with Crippen LogP contribution in [0.15, 0.2) is 48.5 Å². The van der Waals surface area contributed by atoms with Gasteiger partial charge in [-0.25, -0.2) is 9.37 Å². The molecule has 0 bridgehead atoms. The number of aryl methyl sites for hydroxylation is 2. The van der Waals surface area contributed by atoms with E-state index in [1.165, 1.54) is 29.5 Å². The Hall–Kier alpha value is -3.06. The number of anilines is 1. The second kappa shape index (κ2) is 8.75. The van der Waals surface area contributed by atoms with Crippen LogP contribution in [0.1, 0.15) is 31.5 Å². The molecule has 7 heteroatoms. The Kier molecular flexibility index (Phi) is 6.16. The Bertz CT molecular complexity index is 1000. The zero-order valence-electron chi connectivity index (χ0n) is 15.6. The number of amides is 2. The summed E-state index contributed by atoms with van der Waals surface area (Å²) in [5, 5.41) is 6.18. The van der Waals surface area contributed by atoms with E-state index in [4.69, 9.17) is 0 Å². The second-order valence-electron chi connectivity index (χ2n) is 6.37. The van der Waals surface area contributed by atoms with Crippen molar-refractivity contribution in [3.63, 3.8) is 0 Å².